The van der Waals surface area contributed by atoms with E-state index < -0.39 is 0 Å². The number of carbonyl (C=O) groups excluding carboxylic acids is 1. The molecule has 1 aromatic carbocycles. The highest BCUT2D eigenvalue weighted by Gasteiger charge is 2.02. The van der Waals surface area contributed by atoms with Gasteiger partial charge >= 0.3 is 0 Å². The van der Waals surface area contributed by atoms with Crippen LogP contribution in [-0.4, -0.2) is 11.4 Å². The van der Waals surface area contributed by atoms with Crippen LogP contribution < -0.4 is 0 Å². The van der Waals surface area contributed by atoms with Crippen molar-refractivity contribution in [3.63, 3.8) is 0 Å². The lowest BCUT2D eigenvalue weighted by molar-refractivity contribution is 0.112. The molecule has 0 bridgehead atoms. The molecule has 3 nitrogen and oxygen atoms in total. The highest BCUT2D eigenvalue weighted by molar-refractivity contribution is 5.76. The molecular formula is C11H9NO2. The van der Waals surface area contributed by atoms with E-state index >= 15 is 0 Å². The minimum Gasteiger partial charge on any atom is -0.361 e. The number of hydrogen-bond acceptors (Lipinski definition) is 3. The molecule has 2 aromatic rings. The average Bonchev–Trinajstić information content (AvgIpc) is 2.65. The quantitative estimate of drug-likeness (QED) is 0.678. The first-order valence-corrected chi connectivity index (χ1v) is 4.28. The molecular weight excluding hydrogens is 178 g/mol. The summed E-state index contributed by atoms with van der Waals surface area (Å²) in [6.45, 7) is 1.84. The lowest BCUT2D eigenvalue weighted by Gasteiger charge is -1.94. The van der Waals surface area contributed by atoms with Gasteiger partial charge in [-0.3, -0.25) is 4.79 Å². The van der Waals surface area contributed by atoms with Crippen LogP contribution in [0.3, 0.4) is 0 Å². The summed E-state index contributed by atoms with van der Waals surface area (Å²) in [4.78, 5) is 10.4. The predicted octanol–water partition coefficient (Wildman–Crippen LogP) is 2.46. The maximum atomic E-state index is 10.4. The first-order valence-electron chi connectivity index (χ1n) is 4.28. The summed E-state index contributed by atoms with van der Waals surface area (Å²) < 4.78 is 4.96. The third-order valence-corrected chi connectivity index (χ3v) is 1.97. The van der Waals surface area contributed by atoms with E-state index in [9.17, 15) is 4.79 Å². The summed E-state index contributed by atoms with van der Waals surface area (Å²) in [6.07, 6.45) is 0.817. The Labute approximate surface area is 81.3 Å². The fraction of sp³-hybridized carbons (Fsp3) is 0.0909. The monoisotopic (exact) mass is 187 g/mol. The molecule has 0 atom stereocenters. The molecule has 14 heavy (non-hydrogen) atoms. The number of aryl methyl sites for hydroxylation is 1. The van der Waals surface area contributed by atoms with Gasteiger partial charge in [-0.25, -0.2) is 0 Å². The molecule has 0 saturated carbocycles. The van der Waals surface area contributed by atoms with Crippen molar-refractivity contribution < 1.29 is 9.32 Å². The highest BCUT2D eigenvalue weighted by Crippen LogP contribution is 2.18. The number of benzene rings is 1. The maximum absolute atomic E-state index is 10.4. The molecule has 2 rings (SSSR count). The van der Waals surface area contributed by atoms with E-state index in [-0.39, 0.29) is 0 Å². The SMILES string of the molecule is Cc1cc(-c2ccc(C=O)cc2)no1. The van der Waals surface area contributed by atoms with Crippen LogP contribution in [0.4, 0.5) is 0 Å². The van der Waals surface area contributed by atoms with Crippen LogP contribution in [0.2, 0.25) is 0 Å². The zero-order valence-electron chi connectivity index (χ0n) is 7.73. The number of hydrogen-bond donors (Lipinski definition) is 0. The van der Waals surface area contributed by atoms with Gasteiger partial charge in [0.15, 0.2) is 0 Å². The Morgan fingerprint density at radius 1 is 1.29 bits per heavy atom. The molecule has 0 spiro atoms. The summed E-state index contributed by atoms with van der Waals surface area (Å²) in [5.74, 6) is 0.777. The average molecular weight is 187 g/mol. The van der Waals surface area contributed by atoms with Crippen molar-refractivity contribution in [1.82, 2.24) is 5.16 Å². The van der Waals surface area contributed by atoms with Crippen LogP contribution in [-0.2, 0) is 0 Å². The molecule has 0 amide bonds. The number of carbonyl (C=O) groups is 1. The fourth-order valence-electron chi connectivity index (χ4n) is 1.23. The third-order valence-electron chi connectivity index (χ3n) is 1.97. The first-order chi connectivity index (χ1) is 6.79. The van der Waals surface area contributed by atoms with Crippen LogP contribution in [0.25, 0.3) is 11.3 Å². The van der Waals surface area contributed by atoms with Crippen molar-refractivity contribution in [2.24, 2.45) is 0 Å². The first kappa shape index (κ1) is 8.69. The molecule has 0 radical (unpaired) electrons. The van der Waals surface area contributed by atoms with Crippen LogP contribution in [0.1, 0.15) is 16.1 Å². The Kier molecular flexibility index (Phi) is 2.14. The van der Waals surface area contributed by atoms with Crippen LogP contribution in [0.15, 0.2) is 34.9 Å². The highest BCUT2D eigenvalue weighted by atomic mass is 16.5. The van der Waals surface area contributed by atoms with E-state index in [0.717, 1.165) is 23.3 Å². The number of aromatic nitrogens is 1. The molecule has 1 heterocycles. The van der Waals surface area contributed by atoms with E-state index in [1.807, 2.05) is 25.1 Å². The van der Waals surface area contributed by atoms with Crippen molar-refractivity contribution >= 4 is 6.29 Å². The van der Waals surface area contributed by atoms with Crippen molar-refractivity contribution in [2.45, 2.75) is 6.92 Å². The van der Waals surface area contributed by atoms with E-state index in [1.54, 1.807) is 12.1 Å². The van der Waals surface area contributed by atoms with Crippen molar-refractivity contribution in [3.05, 3.63) is 41.7 Å². The summed E-state index contributed by atoms with van der Waals surface area (Å²) in [5, 5.41) is 3.88. The minimum atomic E-state index is 0.661. The van der Waals surface area contributed by atoms with Crippen molar-refractivity contribution in [3.8, 4) is 11.3 Å². The molecule has 3 heteroatoms. The Bertz CT molecular complexity index is 443. The minimum absolute atomic E-state index is 0.661. The summed E-state index contributed by atoms with van der Waals surface area (Å²) in [7, 11) is 0. The zero-order valence-corrected chi connectivity index (χ0v) is 7.73. The van der Waals surface area contributed by atoms with E-state index in [2.05, 4.69) is 5.16 Å². The topological polar surface area (TPSA) is 43.1 Å². The summed E-state index contributed by atoms with van der Waals surface area (Å²) in [6, 6.07) is 9.07. The van der Waals surface area contributed by atoms with E-state index in [4.69, 9.17) is 4.52 Å². The van der Waals surface area contributed by atoms with Gasteiger partial charge in [-0.2, -0.15) is 0 Å². The number of nitrogens with zero attached hydrogens (tertiary/aromatic N) is 1. The zero-order chi connectivity index (χ0) is 9.97. The summed E-state index contributed by atoms with van der Waals surface area (Å²) >= 11 is 0. The van der Waals surface area contributed by atoms with Crippen molar-refractivity contribution in [2.75, 3.05) is 0 Å². The van der Waals surface area contributed by atoms with Gasteiger partial charge < -0.3 is 4.52 Å². The van der Waals surface area contributed by atoms with Gasteiger partial charge in [-0.1, -0.05) is 29.4 Å². The lowest BCUT2D eigenvalue weighted by atomic mass is 10.1. The Morgan fingerprint density at radius 2 is 2.00 bits per heavy atom. The van der Waals surface area contributed by atoms with Crippen LogP contribution in [0.5, 0.6) is 0 Å². The van der Waals surface area contributed by atoms with Gasteiger partial charge in [0.2, 0.25) is 0 Å². The Balaban J connectivity index is 2.38. The van der Waals surface area contributed by atoms with Gasteiger partial charge in [0.1, 0.15) is 17.7 Å². The largest absolute Gasteiger partial charge is 0.361 e. The molecule has 0 aliphatic carbocycles. The fourth-order valence-corrected chi connectivity index (χ4v) is 1.23. The van der Waals surface area contributed by atoms with Gasteiger partial charge in [0.05, 0.1) is 0 Å². The van der Waals surface area contributed by atoms with E-state index in [0.29, 0.717) is 5.56 Å². The molecule has 1 aromatic heterocycles. The molecule has 0 N–H and O–H groups in total. The number of aldehydes is 1. The normalized spacial score (nSPS) is 10.1. The van der Waals surface area contributed by atoms with Gasteiger partial charge in [-0.15, -0.1) is 0 Å². The molecule has 0 unspecified atom stereocenters. The number of rotatable bonds is 2. The molecule has 0 aliphatic heterocycles. The Morgan fingerprint density at radius 3 is 2.50 bits per heavy atom. The second-order valence-electron chi connectivity index (χ2n) is 3.06. The lowest BCUT2D eigenvalue weighted by Crippen LogP contribution is -1.80. The van der Waals surface area contributed by atoms with Crippen LogP contribution >= 0.6 is 0 Å². The predicted molar refractivity (Wildman–Crippen MR) is 52.1 cm³/mol. The van der Waals surface area contributed by atoms with E-state index in [1.165, 1.54) is 0 Å². The smallest absolute Gasteiger partial charge is 0.150 e. The summed E-state index contributed by atoms with van der Waals surface area (Å²) in [5.41, 5.74) is 2.40. The maximum Gasteiger partial charge on any atom is 0.150 e. The standard InChI is InChI=1S/C11H9NO2/c1-8-6-11(12-14-8)10-4-2-9(7-13)3-5-10/h2-7H,1H3. The molecule has 0 aliphatic rings. The second kappa shape index (κ2) is 3.46. The molecule has 0 fully saturated rings. The third kappa shape index (κ3) is 1.57. The molecule has 0 saturated heterocycles. The van der Waals surface area contributed by atoms with Gasteiger partial charge in [-0.05, 0) is 6.92 Å². The van der Waals surface area contributed by atoms with Crippen molar-refractivity contribution in [1.29, 1.82) is 0 Å². The van der Waals surface area contributed by atoms with Crippen LogP contribution in [0, 0.1) is 6.92 Å². The second-order valence-corrected chi connectivity index (χ2v) is 3.06. The van der Waals surface area contributed by atoms with Gasteiger partial charge in [0.25, 0.3) is 0 Å². The Hall–Kier alpha value is -1.90. The molecule has 70 valence electrons. The van der Waals surface area contributed by atoms with Gasteiger partial charge in [0, 0.05) is 17.2 Å².